The van der Waals surface area contributed by atoms with Gasteiger partial charge in [-0.1, -0.05) is 51.9 Å². The first-order valence-corrected chi connectivity index (χ1v) is 12.9. The molecule has 0 aliphatic rings. The second-order valence-electron chi connectivity index (χ2n) is 8.81. The van der Waals surface area contributed by atoms with Crippen molar-refractivity contribution in [2.24, 2.45) is 0 Å². The lowest BCUT2D eigenvalue weighted by atomic mass is 10.1. The van der Waals surface area contributed by atoms with Gasteiger partial charge in [-0.3, -0.25) is 0 Å². The lowest BCUT2D eigenvalue weighted by Gasteiger charge is -2.24. The van der Waals surface area contributed by atoms with Crippen LogP contribution in [0.4, 0.5) is 0 Å². The molecule has 0 fully saturated rings. The summed E-state index contributed by atoms with van der Waals surface area (Å²) in [5.74, 6) is 0. The third-order valence-electron chi connectivity index (χ3n) is 4.54. The van der Waals surface area contributed by atoms with Crippen molar-refractivity contribution in [2.45, 2.75) is 64.4 Å². The van der Waals surface area contributed by atoms with Gasteiger partial charge in [-0.2, -0.15) is 0 Å². The summed E-state index contributed by atoms with van der Waals surface area (Å²) in [4.78, 5) is 9.64. The van der Waals surface area contributed by atoms with Gasteiger partial charge in [0, 0.05) is 6.61 Å². The minimum atomic E-state index is -1.97. The van der Waals surface area contributed by atoms with Gasteiger partial charge in [0.15, 0.2) is 0 Å². The Morgan fingerprint density at radius 2 is 1.23 bits per heavy atom. The summed E-state index contributed by atoms with van der Waals surface area (Å²) in [7, 11) is 4.15. The van der Waals surface area contributed by atoms with Crippen molar-refractivity contribution in [1.29, 1.82) is 0 Å². The minimum Gasteiger partial charge on any atom is -0.388 e. The van der Waals surface area contributed by atoms with Crippen LogP contribution in [0.15, 0.2) is 0 Å². The number of hydrogen-bond acceptors (Lipinski definition) is 7. The maximum absolute atomic E-state index is 9.80. The second kappa shape index (κ2) is 21.9. The quantitative estimate of drug-likeness (QED) is 0.127. The van der Waals surface area contributed by atoms with Gasteiger partial charge >= 0.3 is 8.60 Å². The molecule has 2 unspecified atom stereocenters. The van der Waals surface area contributed by atoms with E-state index in [0.717, 1.165) is 24.1 Å². The summed E-state index contributed by atoms with van der Waals surface area (Å²) in [6.45, 7) is 6.30. The van der Waals surface area contributed by atoms with E-state index in [1.807, 2.05) is 21.1 Å². The highest BCUT2D eigenvalue weighted by molar-refractivity contribution is 7.40. The third-order valence-corrected chi connectivity index (χ3v) is 5.31. The van der Waals surface area contributed by atoms with E-state index in [0.29, 0.717) is 33.0 Å². The van der Waals surface area contributed by atoms with Gasteiger partial charge in [0.25, 0.3) is 0 Å². The maximum atomic E-state index is 9.80. The highest BCUT2D eigenvalue weighted by Gasteiger charge is 2.14. The van der Waals surface area contributed by atoms with Gasteiger partial charge in [0.05, 0.1) is 60.8 Å². The number of likely N-dealkylation sites (N-methyl/N-ethyl adjacent to an activating group) is 1. The van der Waals surface area contributed by atoms with Crippen LogP contribution in [0.2, 0.25) is 0 Å². The van der Waals surface area contributed by atoms with E-state index in [2.05, 4.69) is 6.92 Å². The largest absolute Gasteiger partial charge is 0.388 e. The van der Waals surface area contributed by atoms with Crippen molar-refractivity contribution in [3.05, 3.63) is 0 Å². The fourth-order valence-electron chi connectivity index (χ4n) is 2.63. The molecule has 0 bridgehead atoms. The molecule has 0 amide bonds. The summed E-state index contributed by atoms with van der Waals surface area (Å²) in [5.41, 5.74) is 0. The predicted octanol–water partition coefficient (Wildman–Crippen LogP) is 3.50. The van der Waals surface area contributed by atoms with Crippen molar-refractivity contribution >= 4 is 8.60 Å². The maximum Gasteiger partial charge on any atom is 0.330 e. The molecule has 31 heavy (non-hydrogen) atoms. The lowest BCUT2D eigenvalue weighted by molar-refractivity contribution is -0.870. The lowest BCUT2D eigenvalue weighted by Crippen LogP contribution is -2.37. The fourth-order valence-corrected chi connectivity index (χ4v) is 3.24. The predicted molar refractivity (Wildman–Crippen MR) is 125 cm³/mol. The Morgan fingerprint density at radius 3 is 1.84 bits per heavy atom. The van der Waals surface area contributed by atoms with Crippen molar-refractivity contribution in [3.63, 3.8) is 0 Å². The Kier molecular flexibility index (Phi) is 22.0. The molecule has 8 nitrogen and oxygen atoms in total. The number of rotatable bonds is 24. The summed E-state index contributed by atoms with van der Waals surface area (Å²) < 4.78 is 27.4. The zero-order valence-corrected chi connectivity index (χ0v) is 21.3. The number of quaternary nitrogens is 1. The van der Waals surface area contributed by atoms with Gasteiger partial charge in [0.2, 0.25) is 0 Å². The number of aliphatic hydroxyl groups excluding tert-OH is 1. The molecule has 188 valence electrons. The van der Waals surface area contributed by atoms with Crippen molar-refractivity contribution in [3.8, 4) is 0 Å². The van der Waals surface area contributed by atoms with Crippen LogP contribution in [-0.4, -0.2) is 101 Å². The average molecular weight is 471 g/mol. The van der Waals surface area contributed by atoms with Gasteiger partial charge in [-0.25, -0.2) is 0 Å². The van der Waals surface area contributed by atoms with E-state index < -0.39 is 14.7 Å². The van der Waals surface area contributed by atoms with Gasteiger partial charge in [0.1, 0.15) is 19.3 Å². The number of aliphatic hydroxyl groups is 1. The Balaban J connectivity index is 3.27. The van der Waals surface area contributed by atoms with Crippen LogP contribution < -0.4 is 0 Å². The molecule has 2 atom stereocenters. The van der Waals surface area contributed by atoms with Crippen LogP contribution in [0.5, 0.6) is 0 Å². The molecule has 0 radical (unpaired) electrons. The number of ether oxygens (including phenoxy) is 3. The average Bonchev–Trinajstić information content (AvgIpc) is 2.71. The molecule has 0 aromatic rings. The van der Waals surface area contributed by atoms with Gasteiger partial charge in [-0.15, -0.1) is 0 Å². The Bertz CT molecular complexity index is 372. The summed E-state index contributed by atoms with van der Waals surface area (Å²) in [6, 6.07) is 0. The van der Waals surface area contributed by atoms with Gasteiger partial charge < -0.3 is 37.7 Å². The van der Waals surface area contributed by atoms with Crippen molar-refractivity contribution < 1.29 is 37.7 Å². The Labute approximate surface area is 191 Å². The summed E-state index contributed by atoms with van der Waals surface area (Å²) >= 11 is 0. The first-order chi connectivity index (χ1) is 14.8. The van der Waals surface area contributed by atoms with E-state index >= 15 is 0 Å². The number of nitrogens with zero attached hydrogens (tertiary/aromatic N) is 1. The molecule has 0 heterocycles. The van der Waals surface area contributed by atoms with E-state index in [4.69, 9.17) is 23.3 Å². The highest BCUT2D eigenvalue weighted by Crippen LogP contribution is 2.32. The molecule has 0 aliphatic carbocycles. The van der Waals surface area contributed by atoms with Crippen molar-refractivity contribution in [2.75, 3.05) is 80.5 Å². The number of unbranched alkanes of at least 4 members (excludes halogenated alkanes) is 7. The van der Waals surface area contributed by atoms with Crippen LogP contribution in [0.3, 0.4) is 0 Å². The fraction of sp³-hybridized carbons (Fsp3) is 1.00. The molecule has 0 spiro atoms. The van der Waals surface area contributed by atoms with Crippen molar-refractivity contribution in [1.82, 2.24) is 0 Å². The highest BCUT2D eigenvalue weighted by atomic mass is 31.2. The van der Waals surface area contributed by atoms with Crippen LogP contribution in [0.25, 0.3) is 0 Å². The topological polar surface area (TPSA) is 86.6 Å². The van der Waals surface area contributed by atoms with Crippen LogP contribution in [-0.2, 0) is 23.3 Å². The van der Waals surface area contributed by atoms with E-state index in [9.17, 15) is 10.00 Å². The Hall–Kier alpha value is 0.110. The molecule has 0 aromatic heterocycles. The normalized spacial score (nSPS) is 14.1. The second-order valence-corrected chi connectivity index (χ2v) is 9.80. The zero-order chi connectivity index (χ0) is 23.2. The van der Waals surface area contributed by atoms with Crippen LogP contribution >= 0.6 is 8.60 Å². The molecule has 0 aliphatic heterocycles. The Morgan fingerprint density at radius 1 is 0.677 bits per heavy atom. The molecule has 0 rings (SSSR count). The SMILES string of the molecule is CCCCCCCCCCOCCOCCOCC(O)COP(O)OCC[N+](C)(C)C. The monoisotopic (exact) mass is 470 g/mol. The molecule has 0 aromatic carbocycles. The van der Waals surface area contributed by atoms with E-state index in [1.54, 1.807) is 0 Å². The molecule has 2 N–H and O–H groups in total. The van der Waals surface area contributed by atoms with Gasteiger partial charge in [-0.05, 0) is 6.42 Å². The molecule has 0 saturated heterocycles. The van der Waals surface area contributed by atoms with E-state index in [-0.39, 0.29) is 13.2 Å². The smallest absolute Gasteiger partial charge is 0.330 e. The molecule has 0 saturated carbocycles. The minimum absolute atomic E-state index is 0.0278. The molecular weight excluding hydrogens is 421 g/mol. The van der Waals surface area contributed by atoms with Crippen LogP contribution in [0.1, 0.15) is 58.3 Å². The summed E-state index contributed by atoms with van der Waals surface area (Å²) in [6.07, 6.45) is 9.60. The number of hydrogen-bond donors (Lipinski definition) is 2. The standard InChI is InChI=1S/C22H49NO7P/c1-5-6-7-8-9-10-11-12-14-26-16-17-27-18-19-28-20-22(24)21-30-31(25)29-15-13-23(2,3)4/h22,24-25H,5-21H2,1-4H3/q+1. The van der Waals surface area contributed by atoms with E-state index in [1.165, 1.54) is 44.9 Å². The molecule has 9 heteroatoms. The first-order valence-electron chi connectivity index (χ1n) is 11.8. The third kappa shape index (κ3) is 26.2. The van der Waals surface area contributed by atoms with Crippen LogP contribution in [0, 0.1) is 0 Å². The first kappa shape index (κ1) is 31.1. The summed E-state index contributed by atoms with van der Waals surface area (Å²) in [5, 5.41) is 9.80. The zero-order valence-electron chi connectivity index (χ0n) is 20.4. The molecular formula is C22H49NO7P+.